The van der Waals surface area contributed by atoms with E-state index in [1.54, 1.807) is 30.3 Å². The van der Waals surface area contributed by atoms with Gasteiger partial charge >= 0.3 is 0 Å². The Hall–Kier alpha value is -3.77. The maximum atomic E-state index is 13.2. The summed E-state index contributed by atoms with van der Waals surface area (Å²) in [5.41, 5.74) is 1.70. The standard InChI is InChI=1S/C30H33FN2O7S/c1-38-26-11-13-27(14-12-26)41(36,37)33(15-17-34)16-18-39-29-20-24(23-5-3-2-4-6-23)19-28(40-29)30(35)32-21-22-7-9-25(31)10-8-22/h2-14,19,24,29,34H,15-18,20-21H2,1H3,(H,32,35)/t24-,29+/m1/s1. The zero-order valence-electron chi connectivity index (χ0n) is 22.6. The van der Waals surface area contributed by atoms with Crippen LogP contribution in [0.1, 0.15) is 23.5 Å². The maximum Gasteiger partial charge on any atom is 0.286 e. The van der Waals surface area contributed by atoms with E-state index in [0.717, 1.165) is 15.4 Å². The minimum Gasteiger partial charge on any atom is -0.497 e. The SMILES string of the molecule is COc1ccc(S(=O)(=O)N(CCO)CCO[C@@H]2C[C@H](c3ccccc3)C=C(C(=O)NCc3ccc(F)cc3)O2)cc1. The molecule has 9 nitrogen and oxygen atoms in total. The number of amides is 1. The number of nitrogens with zero attached hydrogens (tertiary/aromatic N) is 1. The van der Waals surface area contributed by atoms with Crippen LogP contribution in [0.5, 0.6) is 5.75 Å². The largest absolute Gasteiger partial charge is 0.497 e. The number of halogens is 1. The lowest BCUT2D eigenvalue weighted by Crippen LogP contribution is -2.38. The van der Waals surface area contributed by atoms with E-state index in [1.165, 1.54) is 31.4 Å². The van der Waals surface area contributed by atoms with Crippen molar-refractivity contribution in [2.45, 2.75) is 30.1 Å². The minimum atomic E-state index is -3.91. The smallest absolute Gasteiger partial charge is 0.286 e. The Balaban J connectivity index is 1.43. The molecule has 0 aromatic heterocycles. The molecular weight excluding hydrogens is 551 g/mol. The molecule has 0 radical (unpaired) electrons. The molecule has 3 aromatic carbocycles. The summed E-state index contributed by atoms with van der Waals surface area (Å²) in [5, 5.41) is 12.3. The normalized spacial score (nSPS) is 17.0. The Morgan fingerprint density at radius 2 is 1.76 bits per heavy atom. The summed E-state index contributed by atoms with van der Waals surface area (Å²) in [6.45, 7) is -0.382. The van der Waals surface area contributed by atoms with Gasteiger partial charge in [0.15, 0.2) is 5.76 Å². The van der Waals surface area contributed by atoms with E-state index in [2.05, 4.69) is 5.32 Å². The summed E-state index contributed by atoms with van der Waals surface area (Å²) >= 11 is 0. The van der Waals surface area contributed by atoms with Crippen LogP contribution in [0.2, 0.25) is 0 Å². The number of sulfonamides is 1. The highest BCUT2D eigenvalue weighted by Crippen LogP contribution is 2.31. The van der Waals surface area contributed by atoms with E-state index < -0.39 is 22.2 Å². The first-order valence-corrected chi connectivity index (χ1v) is 14.6. The molecule has 0 bridgehead atoms. The second-order valence-corrected chi connectivity index (χ2v) is 11.3. The predicted octanol–water partition coefficient (Wildman–Crippen LogP) is 3.56. The molecule has 41 heavy (non-hydrogen) atoms. The predicted molar refractivity (Wildman–Crippen MR) is 150 cm³/mol. The molecule has 0 spiro atoms. The number of rotatable bonds is 13. The first-order valence-electron chi connectivity index (χ1n) is 13.1. The molecule has 1 amide bonds. The molecule has 0 saturated carbocycles. The summed E-state index contributed by atoms with van der Waals surface area (Å²) < 4.78 is 57.7. The first-order chi connectivity index (χ1) is 19.8. The number of allylic oxidation sites excluding steroid dienone is 1. The average molecular weight is 585 g/mol. The van der Waals surface area contributed by atoms with E-state index in [9.17, 15) is 22.7 Å². The van der Waals surface area contributed by atoms with Crippen molar-refractivity contribution in [1.82, 2.24) is 9.62 Å². The van der Waals surface area contributed by atoms with Gasteiger partial charge in [-0.3, -0.25) is 4.79 Å². The second kappa shape index (κ2) is 14.2. The number of aliphatic hydroxyl groups is 1. The lowest BCUT2D eigenvalue weighted by Gasteiger charge is -2.30. The first kappa shape index (κ1) is 30.2. The molecule has 2 atom stereocenters. The third-order valence-corrected chi connectivity index (χ3v) is 8.48. The van der Waals surface area contributed by atoms with Gasteiger partial charge in [0.2, 0.25) is 16.3 Å². The van der Waals surface area contributed by atoms with Gasteiger partial charge < -0.3 is 24.6 Å². The quantitative estimate of drug-likeness (QED) is 0.316. The number of aliphatic hydroxyl groups excluding tert-OH is 1. The average Bonchev–Trinajstić information content (AvgIpc) is 3.00. The summed E-state index contributed by atoms with van der Waals surface area (Å²) in [6, 6.07) is 21.4. The number of methoxy groups -OCH3 is 1. The molecule has 0 fully saturated rings. The molecule has 1 heterocycles. The molecule has 218 valence electrons. The third-order valence-electron chi connectivity index (χ3n) is 6.57. The summed E-state index contributed by atoms with van der Waals surface area (Å²) in [6.07, 6.45) is 1.32. The van der Waals surface area contributed by atoms with Gasteiger partial charge in [-0.2, -0.15) is 4.31 Å². The van der Waals surface area contributed by atoms with E-state index in [4.69, 9.17) is 14.2 Å². The Morgan fingerprint density at radius 1 is 1.05 bits per heavy atom. The molecule has 2 N–H and O–H groups in total. The number of ether oxygens (including phenoxy) is 3. The van der Waals surface area contributed by atoms with Crippen LogP contribution >= 0.6 is 0 Å². The number of nitrogens with one attached hydrogen (secondary N) is 1. The van der Waals surface area contributed by atoms with Crippen LogP contribution in [0.25, 0.3) is 0 Å². The van der Waals surface area contributed by atoms with Gasteiger partial charge in [-0.25, -0.2) is 12.8 Å². The van der Waals surface area contributed by atoms with Crippen LogP contribution in [0.15, 0.2) is 95.6 Å². The molecule has 1 aliphatic rings. The summed E-state index contributed by atoms with van der Waals surface area (Å²) in [4.78, 5) is 13.1. The summed E-state index contributed by atoms with van der Waals surface area (Å²) in [5.74, 6) is -0.395. The fourth-order valence-corrected chi connectivity index (χ4v) is 5.78. The van der Waals surface area contributed by atoms with Crippen LogP contribution in [-0.4, -0.2) is 63.4 Å². The zero-order chi connectivity index (χ0) is 29.2. The van der Waals surface area contributed by atoms with Gasteiger partial charge in [-0.05, 0) is 53.6 Å². The van der Waals surface area contributed by atoms with Crippen molar-refractivity contribution in [2.75, 3.05) is 33.4 Å². The second-order valence-electron chi connectivity index (χ2n) is 9.31. The number of carbonyl (C=O) groups excluding carboxylic acids is 1. The Kier molecular flexibility index (Phi) is 10.5. The number of hydrogen-bond acceptors (Lipinski definition) is 7. The van der Waals surface area contributed by atoms with E-state index in [1.807, 2.05) is 30.3 Å². The fraction of sp³-hybridized carbons (Fsp3) is 0.300. The zero-order valence-corrected chi connectivity index (χ0v) is 23.4. The van der Waals surface area contributed by atoms with Gasteiger partial charge in [0, 0.05) is 32.0 Å². The van der Waals surface area contributed by atoms with Crippen molar-refractivity contribution in [1.29, 1.82) is 0 Å². The highest BCUT2D eigenvalue weighted by molar-refractivity contribution is 7.89. The monoisotopic (exact) mass is 584 g/mol. The van der Waals surface area contributed by atoms with Gasteiger partial charge in [0.25, 0.3) is 5.91 Å². The molecule has 0 aliphatic carbocycles. The lowest BCUT2D eigenvalue weighted by atomic mass is 9.93. The fourth-order valence-electron chi connectivity index (χ4n) is 4.37. The molecule has 0 saturated heterocycles. The van der Waals surface area contributed by atoms with E-state index in [-0.39, 0.29) is 55.2 Å². The maximum absolute atomic E-state index is 13.2. The Morgan fingerprint density at radius 3 is 2.41 bits per heavy atom. The van der Waals surface area contributed by atoms with E-state index >= 15 is 0 Å². The molecule has 0 unspecified atom stereocenters. The Bertz CT molecular complexity index is 1420. The van der Waals surface area contributed by atoms with Crippen molar-refractivity contribution in [3.05, 3.63) is 108 Å². The lowest BCUT2D eigenvalue weighted by molar-refractivity contribution is -0.146. The minimum absolute atomic E-state index is 0.0357. The van der Waals surface area contributed by atoms with Crippen LogP contribution in [0, 0.1) is 5.82 Å². The highest BCUT2D eigenvalue weighted by Gasteiger charge is 2.30. The Labute approximate surface area is 239 Å². The third kappa shape index (κ3) is 8.14. The molecule has 3 aromatic rings. The van der Waals surface area contributed by atoms with Crippen molar-refractivity contribution in [2.24, 2.45) is 0 Å². The van der Waals surface area contributed by atoms with Crippen molar-refractivity contribution in [3.8, 4) is 5.75 Å². The van der Waals surface area contributed by atoms with Gasteiger partial charge in [0.1, 0.15) is 11.6 Å². The molecule has 11 heteroatoms. The molecule has 1 aliphatic heterocycles. The topological polar surface area (TPSA) is 114 Å². The van der Waals surface area contributed by atoms with Crippen LogP contribution in [-0.2, 0) is 30.8 Å². The van der Waals surface area contributed by atoms with Crippen molar-refractivity contribution in [3.63, 3.8) is 0 Å². The molecular formula is C30H33FN2O7S. The van der Waals surface area contributed by atoms with Crippen molar-refractivity contribution < 1.29 is 36.9 Å². The number of hydrogen-bond donors (Lipinski definition) is 2. The van der Waals surface area contributed by atoms with Crippen LogP contribution < -0.4 is 10.1 Å². The van der Waals surface area contributed by atoms with Gasteiger partial charge in [0.05, 0.1) is 25.2 Å². The highest BCUT2D eigenvalue weighted by atomic mass is 32.2. The van der Waals surface area contributed by atoms with Crippen molar-refractivity contribution >= 4 is 15.9 Å². The van der Waals surface area contributed by atoms with Crippen LogP contribution in [0.4, 0.5) is 4.39 Å². The molecule has 4 rings (SSSR count). The number of carbonyl (C=O) groups is 1. The van der Waals surface area contributed by atoms with Crippen LogP contribution in [0.3, 0.4) is 0 Å². The van der Waals surface area contributed by atoms with E-state index in [0.29, 0.717) is 12.2 Å². The number of benzene rings is 3. The van der Waals surface area contributed by atoms with Gasteiger partial charge in [-0.15, -0.1) is 0 Å². The summed E-state index contributed by atoms with van der Waals surface area (Å²) in [7, 11) is -2.42. The van der Waals surface area contributed by atoms with Gasteiger partial charge in [-0.1, -0.05) is 42.5 Å².